The lowest BCUT2D eigenvalue weighted by molar-refractivity contribution is 0.598. The van der Waals surface area contributed by atoms with Crippen LogP contribution < -0.4 is 4.72 Å². The van der Waals surface area contributed by atoms with Gasteiger partial charge in [0.05, 0.1) is 4.90 Å². The number of anilines is 1. The van der Waals surface area contributed by atoms with Crippen LogP contribution in [-0.4, -0.2) is 13.4 Å². The van der Waals surface area contributed by atoms with Crippen LogP contribution in [0.4, 0.5) is 5.82 Å². The van der Waals surface area contributed by atoms with E-state index in [1.165, 1.54) is 0 Å². The van der Waals surface area contributed by atoms with Crippen LogP contribution in [0.5, 0.6) is 0 Å². The number of nitrogens with one attached hydrogen (secondary N) is 1. The van der Waals surface area contributed by atoms with Crippen LogP contribution in [0.25, 0.3) is 0 Å². The zero-order chi connectivity index (χ0) is 16.5. The summed E-state index contributed by atoms with van der Waals surface area (Å²) in [4.78, 5) is 4.50. The fourth-order valence-electron chi connectivity index (χ4n) is 2.15. The second-order valence-corrected chi connectivity index (χ2v) is 8.07. The minimum Gasteiger partial charge on any atom is -0.263 e. The third kappa shape index (κ3) is 3.67. The number of aromatic nitrogens is 1. The fourth-order valence-corrected chi connectivity index (χ4v) is 3.94. The number of nitrogens with zero attached hydrogens (tertiary/aromatic N) is 1. The van der Waals surface area contributed by atoms with E-state index in [9.17, 15) is 8.42 Å². The Bertz CT molecular complexity index is 802. The normalized spacial score (nSPS) is 11.7. The summed E-state index contributed by atoms with van der Waals surface area (Å²) in [6.45, 7) is 7.64. The second kappa shape index (κ2) is 6.38. The van der Waals surface area contributed by atoms with E-state index in [2.05, 4.69) is 25.6 Å². The van der Waals surface area contributed by atoms with Gasteiger partial charge in [0.1, 0.15) is 5.82 Å². The summed E-state index contributed by atoms with van der Waals surface area (Å²) < 4.78 is 28.9. The van der Waals surface area contributed by atoms with Gasteiger partial charge in [0.15, 0.2) is 0 Å². The molecule has 1 aromatic carbocycles. The minimum atomic E-state index is -3.68. The van der Waals surface area contributed by atoms with E-state index in [-0.39, 0.29) is 5.92 Å². The van der Waals surface area contributed by atoms with Crippen molar-refractivity contribution in [2.45, 2.75) is 38.5 Å². The first-order valence-electron chi connectivity index (χ1n) is 6.97. The highest BCUT2D eigenvalue weighted by molar-refractivity contribution is 9.10. The molecule has 0 aliphatic rings. The molecule has 0 spiro atoms. The molecule has 0 saturated heterocycles. The van der Waals surface area contributed by atoms with E-state index in [1.54, 1.807) is 18.2 Å². The van der Waals surface area contributed by atoms with Crippen LogP contribution in [0.2, 0.25) is 0 Å². The van der Waals surface area contributed by atoms with Crippen LogP contribution >= 0.6 is 15.9 Å². The van der Waals surface area contributed by atoms with Crippen molar-refractivity contribution in [2.24, 2.45) is 0 Å². The van der Waals surface area contributed by atoms with Gasteiger partial charge < -0.3 is 0 Å². The van der Waals surface area contributed by atoms with Crippen molar-refractivity contribution in [3.63, 3.8) is 0 Å². The summed E-state index contributed by atoms with van der Waals surface area (Å²) in [5.41, 5.74) is 2.41. The monoisotopic (exact) mass is 382 g/mol. The largest absolute Gasteiger partial charge is 0.263 e. The van der Waals surface area contributed by atoms with Crippen molar-refractivity contribution in [2.75, 3.05) is 4.72 Å². The molecule has 6 heteroatoms. The average Bonchev–Trinajstić information content (AvgIpc) is 2.40. The molecule has 0 unspecified atom stereocenters. The fraction of sp³-hybridized carbons (Fsp3) is 0.312. The number of halogens is 1. The lowest BCUT2D eigenvalue weighted by Gasteiger charge is -2.16. The van der Waals surface area contributed by atoms with Crippen LogP contribution in [0, 0.1) is 13.8 Å². The van der Waals surface area contributed by atoms with Crippen molar-refractivity contribution in [1.82, 2.24) is 4.98 Å². The molecule has 2 aromatic rings. The standard InChI is InChI=1S/C16H19BrN2O2S/c1-10(2)13-9-14(17)11(3)8-15(13)22(20,21)19-16-7-5-6-12(4)18-16/h5-10H,1-4H3,(H,18,19). The summed E-state index contributed by atoms with van der Waals surface area (Å²) >= 11 is 3.46. The van der Waals surface area contributed by atoms with E-state index in [1.807, 2.05) is 39.8 Å². The van der Waals surface area contributed by atoms with Crippen LogP contribution in [0.15, 0.2) is 39.7 Å². The second-order valence-electron chi connectivity index (χ2n) is 5.56. The molecule has 0 saturated carbocycles. The first-order chi connectivity index (χ1) is 10.2. The zero-order valence-corrected chi connectivity index (χ0v) is 15.4. The highest BCUT2D eigenvalue weighted by Gasteiger charge is 2.22. The molecule has 0 fully saturated rings. The number of benzene rings is 1. The summed E-state index contributed by atoms with van der Waals surface area (Å²) in [7, 11) is -3.68. The number of pyridine rings is 1. The summed E-state index contributed by atoms with van der Waals surface area (Å²) in [5.74, 6) is 0.421. The number of hydrogen-bond acceptors (Lipinski definition) is 3. The Hall–Kier alpha value is -1.40. The van der Waals surface area contributed by atoms with Gasteiger partial charge in [-0.25, -0.2) is 13.4 Å². The van der Waals surface area contributed by atoms with Crippen molar-refractivity contribution < 1.29 is 8.42 Å². The van der Waals surface area contributed by atoms with E-state index in [0.717, 1.165) is 21.3 Å². The van der Waals surface area contributed by atoms with Crippen molar-refractivity contribution in [3.8, 4) is 0 Å². The van der Waals surface area contributed by atoms with Gasteiger partial charge in [-0.1, -0.05) is 35.8 Å². The Balaban J connectivity index is 2.51. The van der Waals surface area contributed by atoms with Crippen molar-refractivity contribution >= 4 is 31.8 Å². The molecule has 0 aliphatic heterocycles. The number of rotatable bonds is 4. The Labute approximate surface area is 140 Å². The van der Waals surface area contributed by atoms with Crippen LogP contribution in [0.1, 0.15) is 36.6 Å². The molecule has 0 bridgehead atoms. The van der Waals surface area contributed by atoms with Crippen LogP contribution in [-0.2, 0) is 10.0 Å². The lowest BCUT2D eigenvalue weighted by Crippen LogP contribution is -2.17. The smallest absolute Gasteiger partial charge is 0.263 e. The van der Waals surface area contributed by atoms with Gasteiger partial charge in [-0.3, -0.25) is 4.72 Å². The molecule has 0 atom stereocenters. The third-order valence-corrected chi connectivity index (χ3v) is 5.59. The highest BCUT2D eigenvalue weighted by Crippen LogP contribution is 2.30. The van der Waals surface area contributed by atoms with Gasteiger partial charge in [-0.05, 0) is 55.2 Å². The molecule has 0 amide bonds. The molecular weight excluding hydrogens is 364 g/mol. The Morgan fingerprint density at radius 3 is 2.45 bits per heavy atom. The van der Waals surface area contributed by atoms with E-state index in [0.29, 0.717) is 10.7 Å². The predicted octanol–water partition coefficient (Wildman–Crippen LogP) is 4.39. The zero-order valence-electron chi connectivity index (χ0n) is 13.0. The van der Waals surface area contributed by atoms with Gasteiger partial charge in [-0.2, -0.15) is 0 Å². The minimum absolute atomic E-state index is 0.0916. The maximum absolute atomic E-state index is 12.7. The molecular formula is C16H19BrN2O2S. The van der Waals surface area contributed by atoms with E-state index >= 15 is 0 Å². The topological polar surface area (TPSA) is 59.1 Å². The number of hydrogen-bond donors (Lipinski definition) is 1. The maximum Gasteiger partial charge on any atom is 0.263 e. The van der Waals surface area contributed by atoms with Gasteiger partial charge >= 0.3 is 0 Å². The SMILES string of the molecule is Cc1cccc(NS(=O)(=O)c2cc(C)c(Br)cc2C(C)C)n1. The number of aryl methyl sites for hydroxylation is 2. The average molecular weight is 383 g/mol. The first-order valence-corrected chi connectivity index (χ1v) is 9.25. The third-order valence-electron chi connectivity index (χ3n) is 3.33. The molecule has 2 rings (SSSR count). The molecule has 0 aliphatic carbocycles. The summed E-state index contributed by atoms with van der Waals surface area (Å²) in [6.07, 6.45) is 0. The first kappa shape index (κ1) is 17.0. The molecule has 4 nitrogen and oxygen atoms in total. The summed E-state index contributed by atoms with van der Waals surface area (Å²) in [6, 6.07) is 8.80. The summed E-state index contributed by atoms with van der Waals surface area (Å²) in [5, 5.41) is 0. The Morgan fingerprint density at radius 2 is 1.86 bits per heavy atom. The van der Waals surface area contributed by atoms with Gasteiger partial charge in [0.2, 0.25) is 0 Å². The lowest BCUT2D eigenvalue weighted by atomic mass is 10.0. The Kier molecular flexibility index (Phi) is 4.92. The van der Waals surface area contributed by atoms with Gasteiger partial charge in [0.25, 0.3) is 10.0 Å². The van der Waals surface area contributed by atoms with E-state index < -0.39 is 10.0 Å². The highest BCUT2D eigenvalue weighted by atomic mass is 79.9. The quantitative estimate of drug-likeness (QED) is 0.852. The number of sulfonamides is 1. The van der Waals surface area contributed by atoms with Gasteiger partial charge in [-0.15, -0.1) is 0 Å². The molecule has 22 heavy (non-hydrogen) atoms. The van der Waals surface area contributed by atoms with Crippen molar-refractivity contribution in [3.05, 3.63) is 51.6 Å². The van der Waals surface area contributed by atoms with Crippen molar-refractivity contribution in [1.29, 1.82) is 0 Å². The van der Waals surface area contributed by atoms with Crippen LogP contribution in [0.3, 0.4) is 0 Å². The maximum atomic E-state index is 12.7. The van der Waals surface area contributed by atoms with Gasteiger partial charge in [0, 0.05) is 10.2 Å². The molecule has 1 aromatic heterocycles. The molecule has 118 valence electrons. The molecule has 1 heterocycles. The molecule has 0 radical (unpaired) electrons. The molecule has 1 N–H and O–H groups in total. The predicted molar refractivity (Wildman–Crippen MR) is 92.8 cm³/mol. The van der Waals surface area contributed by atoms with E-state index in [4.69, 9.17) is 0 Å². The Morgan fingerprint density at radius 1 is 1.18 bits per heavy atom.